The van der Waals surface area contributed by atoms with E-state index in [0.717, 1.165) is 18.3 Å². The monoisotopic (exact) mass is 617 g/mol. The van der Waals surface area contributed by atoms with E-state index in [1.165, 1.54) is 49.2 Å². The Morgan fingerprint density at radius 1 is 1.02 bits per heavy atom. The maximum Gasteiger partial charge on any atom is 0.355 e. The van der Waals surface area contributed by atoms with Crippen LogP contribution >= 0.6 is 0 Å². The second-order valence-corrected chi connectivity index (χ2v) is 10.8. The third kappa shape index (κ3) is 5.97. The Morgan fingerprint density at radius 3 is 2.40 bits per heavy atom. The van der Waals surface area contributed by atoms with E-state index in [9.17, 15) is 31.1 Å². The van der Waals surface area contributed by atoms with E-state index in [2.05, 4.69) is 15.3 Å². The first kappa shape index (κ1) is 29.4. The van der Waals surface area contributed by atoms with Gasteiger partial charge in [-0.3, -0.25) is 4.72 Å². The predicted octanol–water partition coefficient (Wildman–Crippen LogP) is 5.86. The van der Waals surface area contributed by atoms with Gasteiger partial charge in [0.05, 0.1) is 60.5 Å². The summed E-state index contributed by atoms with van der Waals surface area (Å²) in [6.45, 7) is 0.120. The van der Waals surface area contributed by atoms with Crippen LogP contribution < -0.4 is 19.5 Å². The molecule has 3 heterocycles. The molecule has 0 fully saturated rings. The van der Waals surface area contributed by atoms with Crippen LogP contribution in [0, 0.1) is 11.6 Å². The van der Waals surface area contributed by atoms with Gasteiger partial charge in [0.25, 0.3) is 10.0 Å². The van der Waals surface area contributed by atoms with E-state index in [0.29, 0.717) is 17.1 Å². The van der Waals surface area contributed by atoms with Crippen LogP contribution in [0.25, 0.3) is 22.2 Å². The van der Waals surface area contributed by atoms with Crippen LogP contribution in [0.5, 0.6) is 17.4 Å². The Hall–Kier alpha value is -5.05. The molecular formula is C28H23F4N5O5S. The molecule has 15 heteroatoms. The molecule has 3 N–H and O–H groups in total. The van der Waals surface area contributed by atoms with Gasteiger partial charge < -0.3 is 24.5 Å². The molecule has 0 unspecified atom stereocenters. The standard InChI is InChI=1S/C28H23F4N5O5S/c1-41-17-8-6-15(23(10-17)42-2)13-37-14-22-26(27(37)38)21(11-20(34-22)25-18(29)4-3-5-19(25)30)35-24-9-7-16(12-33-24)36-43(39,40)28(31)32/h3-12,14,28,36,38H,13H2,1-2H3,(H,33,35). The Morgan fingerprint density at radius 2 is 1.77 bits per heavy atom. The van der Waals surface area contributed by atoms with Crippen LogP contribution in [0.15, 0.2) is 67.0 Å². The minimum Gasteiger partial charge on any atom is -0.497 e. The van der Waals surface area contributed by atoms with Crippen LogP contribution in [0.3, 0.4) is 0 Å². The molecular weight excluding hydrogens is 594 g/mol. The van der Waals surface area contributed by atoms with Crippen molar-refractivity contribution in [3.8, 4) is 28.6 Å². The second kappa shape index (κ2) is 11.7. The Labute approximate surface area is 242 Å². The molecule has 0 radical (unpaired) electrons. The van der Waals surface area contributed by atoms with Gasteiger partial charge in [-0.05, 0) is 42.5 Å². The fourth-order valence-electron chi connectivity index (χ4n) is 4.38. The molecule has 2 aromatic carbocycles. The summed E-state index contributed by atoms with van der Waals surface area (Å²) in [4.78, 5) is 8.45. The predicted molar refractivity (Wildman–Crippen MR) is 151 cm³/mol. The van der Waals surface area contributed by atoms with Crippen molar-refractivity contribution in [2.24, 2.45) is 0 Å². The topological polar surface area (TPSA) is 128 Å². The maximum atomic E-state index is 14.7. The maximum absolute atomic E-state index is 14.7. The minimum atomic E-state index is -4.91. The summed E-state index contributed by atoms with van der Waals surface area (Å²) in [6, 6.07) is 12.3. The number of aromatic nitrogens is 3. The lowest BCUT2D eigenvalue weighted by Crippen LogP contribution is -2.20. The van der Waals surface area contributed by atoms with Crippen molar-refractivity contribution in [2.45, 2.75) is 12.3 Å². The van der Waals surface area contributed by atoms with Gasteiger partial charge >= 0.3 is 5.76 Å². The van der Waals surface area contributed by atoms with E-state index >= 15 is 0 Å². The number of pyridine rings is 2. The highest BCUT2D eigenvalue weighted by atomic mass is 32.2. The molecule has 0 spiro atoms. The average Bonchev–Trinajstić information content (AvgIpc) is 3.28. The van der Waals surface area contributed by atoms with Gasteiger partial charge in [-0.25, -0.2) is 27.2 Å². The Balaban J connectivity index is 1.59. The first-order valence-corrected chi connectivity index (χ1v) is 14.0. The van der Waals surface area contributed by atoms with Crippen molar-refractivity contribution < 1.29 is 40.6 Å². The summed E-state index contributed by atoms with van der Waals surface area (Å²) in [5.74, 6) is -4.47. The fourth-order valence-corrected chi connectivity index (χ4v) is 4.91. The van der Waals surface area contributed by atoms with Crippen LogP contribution in [0.4, 0.5) is 34.8 Å². The molecule has 43 heavy (non-hydrogen) atoms. The third-order valence-corrected chi connectivity index (χ3v) is 7.39. The molecule has 5 aromatic rings. The highest BCUT2D eigenvalue weighted by Gasteiger charge is 2.24. The van der Waals surface area contributed by atoms with Gasteiger partial charge in [-0.1, -0.05) is 6.07 Å². The molecule has 0 amide bonds. The SMILES string of the molecule is COc1ccc(Cn2cc3nc(-c4c(F)cccc4F)cc(Nc4ccc(NS(=O)(=O)C(F)F)cn4)c3c2O)c(OC)c1. The van der Waals surface area contributed by atoms with Crippen molar-refractivity contribution in [1.29, 1.82) is 0 Å². The zero-order chi connectivity index (χ0) is 30.9. The number of nitrogens with zero attached hydrogens (tertiary/aromatic N) is 3. The number of hydrogen-bond donors (Lipinski definition) is 3. The zero-order valence-corrected chi connectivity index (χ0v) is 23.3. The minimum absolute atomic E-state index is 0.0916. The molecule has 0 saturated heterocycles. The van der Waals surface area contributed by atoms with Gasteiger partial charge in [-0.15, -0.1) is 0 Å². The quantitative estimate of drug-likeness (QED) is 0.167. The summed E-state index contributed by atoms with van der Waals surface area (Å²) in [6.07, 6.45) is 2.50. The van der Waals surface area contributed by atoms with Crippen LogP contribution in [-0.4, -0.2) is 48.0 Å². The largest absolute Gasteiger partial charge is 0.497 e. The van der Waals surface area contributed by atoms with Crippen molar-refractivity contribution in [2.75, 3.05) is 24.3 Å². The highest BCUT2D eigenvalue weighted by Crippen LogP contribution is 2.39. The molecule has 0 aliphatic carbocycles. The fraction of sp³-hybridized carbons (Fsp3) is 0.143. The highest BCUT2D eigenvalue weighted by molar-refractivity contribution is 7.93. The van der Waals surface area contributed by atoms with Crippen LogP contribution in [-0.2, 0) is 16.6 Å². The van der Waals surface area contributed by atoms with E-state index in [1.54, 1.807) is 22.9 Å². The number of hydrogen-bond acceptors (Lipinski definition) is 8. The summed E-state index contributed by atoms with van der Waals surface area (Å²) in [5, 5.41) is 14.4. The molecule has 0 aliphatic heterocycles. The normalized spacial score (nSPS) is 11.6. The molecule has 5 rings (SSSR count). The number of halogens is 4. The number of anilines is 3. The van der Waals surface area contributed by atoms with Gasteiger partial charge in [0, 0.05) is 17.8 Å². The number of sulfonamides is 1. The van der Waals surface area contributed by atoms with Gasteiger partial charge in [0.15, 0.2) is 0 Å². The number of rotatable bonds is 10. The number of aromatic hydroxyl groups is 1. The van der Waals surface area contributed by atoms with E-state index in [1.807, 2.05) is 0 Å². The number of fused-ring (bicyclic) bond motifs is 1. The van der Waals surface area contributed by atoms with Gasteiger partial charge in [0.2, 0.25) is 5.88 Å². The second-order valence-electron chi connectivity index (χ2n) is 9.14. The molecule has 0 atom stereocenters. The Bertz CT molecular complexity index is 1900. The van der Waals surface area contributed by atoms with Crippen LogP contribution in [0.2, 0.25) is 0 Å². The van der Waals surface area contributed by atoms with E-state index < -0.39 is 33.0 Å². The van der Waals surface area contributed by atoms with Crippen molar-refractivity contribution in [3.63, 3.8) is 0 Å². The van der Waals surface area contributed by atoms with Crippen molar-refractivity contribution >= 4 is 38.1 Å². The first-order chi connectivity index (χ1) is 20.5. The molecule has 0 bridgehead atoms. The van der Waals surface area contributed by atoms with Crippen LogP contribution in [0.1, 0.15) is 5.56 Å². The number of ether oxygens (including phenoxy) is 2. The molecule has 224 valence electrons. The number of alkyl halides is 2. The first-order valence-electron chi connectivity index (χ1n) is 12.4. The molecule has 10 nitrogen and oxygen atoms in total. The van der Waals surface area contributed by atoms with E-state index in [4.69, 9.17) is 9.47 Å². The summed E-state index contributed by atoms with van der Waals surface area (Å²) in [5.41, 5.74) is 0.287. The summed E-state index contributed by atoms with van der Waals surface area (Å²) >= 11 is 0. The van der Waals surface area contributed by atoms with E-state index in [-0.39, 0.29) is 46.2 Å². The lowest BCUT2D eigenvalue weighted by atomic mass is 10.1. The van der Waals surface area contributed by atoms with Gasteiger partial charge in [-0.2, -0.15) is 8.78 Å². The third-order valence-electron chi connectivity index (χ3n) is 6.40. The molecule has 0 saturated carbocycles. The number of nitrogens with one attached hydrogen (secondary N) is 2. The Kier molecular flexibility index (Phi) is 8.00. The molecule has 3 aromatic heterocycles. The lowest BCUT2D eigenvalue weighted by Gasteiger charge is -2.13. The number of benzene rings is 2. The average molecular weight is 618 g/mol. The van der Waals surface area contributed by atoms with Crippen molar-refractivity contribution in [3.05, 3.63) is 84.2 Å². The molecule has 0 aliphatic rings. The summed E-state index contributed by atoms with van der Waals surface area (Å²) in [7, 11) is -1.91. The lowest BCUT2D eigenvalue weighted by molar-refractivity contribution is 0.236. The van der Waals surface area contributed by atoms with Crippen molar-refractivity contribution in [1.82, 2.24) is 14.5 Å². The number of methoxy groups -OCH3 is 2. The smallest absolute Gasteiger partial charge is 0.355 e. The zero-order valence-electron chi connectivity index (χ0n) is 22.5. The van der Waals surface area contributed by atoms with Gasteiger partial charge in [0.1, 0.15) is 29.0 Å². The summed E-state index contributed by atoms with van der Waals surface area (Å²) < 4.78 is 91.7.